The molecule has 1 atom stereocenters. The molecule has 6 rings (SSSR count). The van der Waals surface area contributed by atoms with E-state index in [1.54, 1.807) is 31.0 Å². The third-order valence-electron chi connectivity index (χ3n) is 9.03. The molecule has 0 spiro atoms. The Morgan fingerprint density at radius 2 is 1.79 bits per heavy atom. The smallest absolute Gasteiger partial charge is 0.407 e. The minimum absolute atomic E-state index is 0.00494. The lowest BCUT2D eigenvalue weighted by Gasteiger charge is -2.33. The molecule has 0 radical (unpaired) electrons. The monoisotopic (exact) mass is 744 g/mol. The first-order valence-corrected chi connectivity index (χ1v) is 22.1. The van der Waals surface area contributed by atoms with Gasteiger partial charge in [-0.3, -0.25) is 19.2 Å². The number of likely N-dealkylation sites (tertiary alicyclic amines) is 1. The molecule has 0 bridgehead atoms. The number of alkyl carbamates (subject to hydrolysis) is 1. The van der Waals surface area contributed by atoms with Crippen molar-refractivity contribution in [2.75, 3.05) is 56.2 Å². The number of piperidine rings is 1. The quantitative estimate of drug-likeness (QED) is 0.145. The van der Waals surface area contributed by atoms with Crippen LogP contribution >= 0.6 is 0 Å². The van der Waals surface area contributed by atoms with Gasteiger partial charge in [-0.25, -0.2) is 24.7 Å². The number of aromatic nitrogens is 6. The third-order valence-corrected chi connectivity index (χ3v) is 10.7. The van der Waals surface area contributed by atoms with Gasteiger partial charge in [-0.15, -0.1) is 0 Å². The van der Waals surface area contributed by atoms with E-state index < -0.39 is 19.8 Å². The molecule has 2 saturated heterocycles. The third kappa shape index (κ3) is 10.6. The first-order chi connectivity index (χ1) is 25.3. The highest BCUT2D eigenvalue weighted by Crippen LogP contribution is 2.31. The molecule has 53 heavy (non-hydrogen) atoms. The number of carbonyl (C=O) groups is 2. The summed E-state index contributed by atoms with van der Waals surface area (Å²) in [5.41, 5.74) is 2.63. The normalized spacial score (nSPS) is 17.2. The van der Waals surface area contributed by atoms with Crippen molar-refractivity contribution in [1.82, 2.24) is 39.7 Å². The fourth-order valence-electron chi connectivity index (χ4n) is 6.39. The number of pyridine rings is 1. The summed E-state index contributed by atoms with van der Waals surface area (Å²) >= 11 is 0. The predicted molar refractivity (Wildman–Crippen MR) is 206 cm³/mol. The Labute approximate surface area is 311 Å². The molecule has 2 fully saturated rings. The number of hydrogen-bond acceptors (Lipinski definition) is 12. The number of rotatable bonds is 12. The summed E-state index contributed by atoms with van der Waals surface area (Å²) < 4.78 is 19.2. The van der Waals surface area contributed by atoms with Gasteiger partial charge in [0.1, 0.15) is 35.8 Å². The van der Waals surface area contributed by atoms with Crippen LogP contribution in [0.25, 0.3) is 22.6 Å². The topological polar surface area (TPSA) is 162 Å². The molecule has 4 aromatic heterocycles. The predicted octanol–water partition coefficient (Wildman–Crippen LogP) is 5.17. The van der Waals surface area contributed by atoms with Crippen LogP contribution in [0.5, 0.6) is 0 Å². The van der Waals surface area contributed by atoms with Crippen molar-refractivity contribution in [3.05, 3.63) is 54.4 Å². The second kappa shape index (κ2) is 16.7. The zero-order valence-corrected chi connectivity index (χ0v) is 32.7. The summed E-state index contributed by atoms with van der Waals surface area (Å²) in [6.07, 6.45) is 7.86. The number of ether oxygens (including phenoxy) is 3. The Morgan fingerprint density at radius 3 is 2.53 bits per heavy atom. The number of amides is 2. The number of nitrogens with one attached hydrogen (secondary N) is 2. The van der Waals surface area contributed by atoms with Crippen LogP contribution in [0, 0.1) is 0 Å². The summed E-state index contributed by atoms with van der Waals surface area (Å²) in [4.78, 5) is 53.1. The van der Waals surface area contributed by atoms with E-state index in [1.807, 2.05) is 37.5 Å². The molecule has 0 saturated carbocycles. The van der Waals surface area contributed by atoms with Crippen molar-refractivity contribution in [2.24, 2.45) is 0 Å². The van der Waals surface area contributed by atoms with Crippen molar-refractivity contribution >= 4 is 42.6 Å². The molecule has 2 aliphatic rings. The Morgan fingerprint density at radius 1 is 1.02 bits per heavy atom. The number of carbonyl (C=O) groups excluding carboxylic acids is 2. The van der Waals surface area contributed by atoms with E-state index in [0.717, 1.165) is 66.6 Å². The summed E-state index contributed by atoms with van der Waals surface area (Å²) in [5, 5.41) is 6.78. The molecule has 16 heteroatoms. The molecule has 0 aliphatic carbocycles. The number of morpholine rings is 1. The maximum atomic E-state index is 13.3. The molecule has 6 heterocycles. The second-order valence-electron chi connectivity index (χ2n) is 15.9. The summed E-state index contributed by atoms with van der Waals surface area (Å²) in [6, 6.07) is 6.76. The van der Waals surface area contributed by atoms with E-state index in [1.165, 1.54) is 0 Å². The molecule has 2 amide bonds. The lowest BCUT2D eigenvalue weighted by molar-refractivity contribution is 0.0470. The highest BCUT2D eigenvalue weighted by Gasteiger charge is 2.25. The van der Waals surface area contributed by atoms with E-state index in [0.29, 0.717) is 51.2 Å². The Balaban J connectivity index is 1.13. The van der Waals surface area contributed by atoms with Crippen LogP contribution in [0.2, 0.25) is 25.7 Å². The van der Waals surface area contributed by atoms with E-state index in [4.69, 9.17) is 14.2 Å². The van der Waals surface area contributed by atoms with Gasteiger partial charge in [0, 0.05) is 53.1 Å². The molecule has 4 aromatic rings. The zero-order chi connectivity index (χ0) is 37.6. The largest absolute Gasteiger partial charge is 0.444 e. The van der Waals surface area contributed by atoms with Crippen LogP contribution < -0.4 is 15.5 Å². The van der Waals surface area contributed by atoms with E-state index >= 15 is 0 Å². The van der Waals surface area contributed by atoms with Crippen LogP contribution in [0.3, 0.4) is 0 Å². The van der Waals surface area contributed by atoms with Gasteiger partial charge in [0.2, 0.25) is 0 Å². The lowest BCUT2D eigenvalue weighted by atomic mass is 10.0. The SMILES string of the molecule is CC(C)(C)OC(=O)N[C@@H]1CCCN(Cc2ccnc(C(=O)Nc3cnc(-c4cc5c(N6CCOCC6)ncnc5n4COCC[Si](C)(C)C)nc3)c2)C1. The Hall–Kier alpha value is -4.51. The number of hydrogen-bond donors (Lipinski definition) is 2. The zero-order valence-electron chi connectivity index (χ0n) is 31.7. The molecular weight excluding hydrogens is 693 g/mol. The number of fused-ring (bicyclic) bond motifs is 1. The lowest BCUT2D eigenvalue weighted by Crippen LogP contribution is -2.48. The number of nitrogens with zero attached hydrogens (tertiary/aromatic N) is 8. The van der Waals surface area contributed by atoms with E-state index in [2.05, 4.69) is 65.0 Å². The summed E-state index contributed by atoms with van der Waals surface area (Å²) in [7, 11) is -1.27. The van der Waals surface area contributed by atoms with Gasteiger partial charge >= 0.3 is 6.09 Å². The minimum Gasteiger partial charge on any atom is -0.444 e. The van der Waals surface area contributed by atoms with Gasteiger partial charge in [-0.2, -0.15) is 0 Å². The van der Waals surface area contributed by atoms with Crippen LogP contribution in [-0.2, 0) is 27.5 Å². The average Bonchev–Trinajstić information content (AvgIpc) is 3.48. The van der Waals surface area contributed by atoms with Crippen molar-refractivity contribution in [1.29, 1.82) is 0 Å². The van der Waals surface area contributed by atoms with Gasteiger partial charge in [-0.05, 0) is 70.0 Å². The van der Waals surface area contributed by atoms with Crippen LogP contribution in [0.4, 0.5) is 16.3 Å². The van der Waals surface area contributed by atoms with Crippen LogP contribution in [-0.4, -0.2) is 112 Å². The van der Waals surface area contributed by atoms with Gasteiger partial charge in [0.15, 0.2) is 5.82 Å². The molecule has 2 N–H and O–H groups in total. The maximum absolute atomic E-state index is 13.3. The van der Waals surface area contributed by atoms with Gasteiger partial charge in [0.05, 0.1) is 42.4 Å². The van der Waals surface area contributed by atoms with Crippen molar-refractivity contribution in [3.8, 4) is 11.5 Å². The Bertz CT molecular complexity index is 1870. The second-order valence-corrected chi connectivity index (χ2v) is 21.5. The first-order valence-electron chi connectivity index (χ1n) is 18.4. The summed E-state index contributed by atoms with van der Waals surface area (Å²) in [5.74, 6) is 0.960. The van der Waals surface area contributed by atoms with E-state index in [9.17, 15) is 9.59 Å². The fourth-order valence-corrected chi connectivity index (χ4v) is 7.15. The molecule has 2 aliphatic heterocycles. The minimum atomic E-state index is -1.27. The van der Waals surface area contributed by atoms with Gasteiger partial charge < -0.3 is 29.7 Å². The highest BCUT2D eigenvalue weighted by atomic mass is 28.3. The molecular formula is C37H52N10O5Si. The van der Waals surface area contributed by atoms with Crippen LogP contribution in [0.1, 0.15) is 49.7 Å². The van der Waals surface area contributed by atoms with Gasteiger partial charge in [0.25, 0.3) is 5.91 Å². The Kier molecular flexibility index (Phi) is 12.0. The fraction of sp³-hybridized carbons (Fsp3) is 0.541. The molecule has 0 aromatic carbocycles. The first kappa shape index (κ1) is 38.2. The summed E-state index contributed by atoms with van der Waals surface area (Å²) in [6.45, 7) is 18.5. The van der Waals surface area contributed by atoms with Crippen molar-refractivity contribution in [2.45, 2.75) is 84.2 Å². The average molecular weight is 745 g/mol. The standard InChI is InChI=1S/C37H52N10O5Si/c1-37(2,3)52-36(49)44-27-8-7-11-45(23-27)22-26-9-10-38-30(18-26)35(48)43-28-20-39-32(40-21-28)31-19-29-33(46-12-14-50-15-13-46)41-24-42-34(29)47(31)25-51-16-17-53(4,5)6/h9-10,18-21,24,27H,7-8,11-17,22-23,25H2,1-6H3,(H,43,48)(H,44,49)/t27-/m1/s1. The van der Waals surface area contributed by atoms with Crippen molar-refractivity contribution < 1.29 is 23.8 Å². The van der Waals surface area contributed by atoms with E-state index in [-0.39, 0.29) is 17.6 Å². The highest BCUT2D eigenvalue weighted by molar-refractivity contribution is 6.76. The molecule has 284 valence electrons. The van der Waals surface area contributed by atoms with Crippen molar-refractivity contribution in [3.63, 3.8) is 0 Å². The molecule has 0 unspecified atom stereocenters. The maximum Gasteiger partial charge on any atom is 0.407 e. The molecule has 15 nitrogen and oxygen atoms in total. The number of anilines is 2. The van der Waals surface area contributed by atoms with Crippen LogP contribution in [0.15, 0.2) is 43.1 Å². The van der Waals surface area contributed by atoms with Gasteiger partial charge in [-0.1, -0.05) is 19.6 Å².